The van der Waals surface area contributed by atoms with Crippen molar-refractivity contribution in [1.29, 1.82) is 5.26 Å². The molecule has 1 fully saturated rings. The average Bonchev–Trinajstić information content (AvgIpc) is 2.76. The van der Waals surface area contributed by atoms with E-state index < -0.39 is 0 Å². The highest BCUT2D eigenvalue weighted by Gasteiger charge is 2.14. The standard InChI is InChI=1S/C21H18BrN5O/c22-17-1-3-18(4-2-17)25-21-24-6-5-20(26-21)16-11-15(14-23)12-19(13-16)27-7-9-28-10-8-27/h1-6,11-13H,7-10H2,(H,24,25,26). The van der Waals surface area contributed by atoms with Gasteiger partial charge in [0.15, 0.2) is 0 Å². The van der Waals surface area contributed by atoms with Crippen LogP contribution in [0.5, 0.6) is 0 Å². The first-order valence-corrected chi connectivity index (χ1v) is 9.74. The first kappa shape index (κ1) is 18.4. The largest absolute Gasteiger partial charge is 0.378 e. The summed E-state index contributed by atoms with van der Waals surface area (Å²) in [4.78, 5) is 11.2. The van der Waals surface area contributed by atoms with Gasteiger partial charge in [-0.2, -0.15) is 5.26 Å². The Kier molecular flexibility index (Phi) is 5.51. The zero-order valence-electron chi connectivity index (χ0n) is 15.1. The summed E-state index contributed by atoms with van der Waals surface area (Å²) < 4.78 is 6.44. The Bertz CT molecular complexity index is 1010. The van der Waals surface area contributed by atoms with Gasteiger partial charge in [0.25, 0.3) is 0 Å². The van der Waals surface area contributed by atoms with Crippen molar-refractivity contribution in [3.8, 4) is 17.3 Å². The van der Waals surface area contributed by atoms with Crippen LogP contribution in [0.2, 0.25) is 0 Å². The molecule has 2 heterocycles. The Morgan fingerprint density at radius 1 is 1.07 bits per heavy atom. The minimum absolute atomic E-state index is 0.509. The minimum Gasteiger partial charge on any atom is -0.378 e. The Labute approximate surface area is 171 Å². The topological polar surface area (TPSA) is 74.1 Å². The molecule has 0 radical (unpaired) electrons. The number of nitrogens with one attached hydrogen (secondary N) is 1. The normalized spacial score (nSPS) is 13.8. The van der Waals surface area contributed by atoms with Gasteiger partial charge in [-0.1, -0.05) is 15.9 Å². The number of aromatic nitrogens is 2. The fourth-order valence-electron chi connectivity index (χ4n) is 3.07. The molecule has 1 aliphatic heterocycles. The summed E-state index contributed by atoms with van der Waals surface area (Å²) in [5.41, 5.74) is 4.18. The molecule has 6 nitrogen and oxygen atoms in total. The van der Waals surface area contributed by atoms with Crippen molar-refractivity contribution in [2.24, 2.45) is 0 Å². The maximum absolute atomic E-state index is 9.46. The third-order valence-electron chi connectivity index (χ3n) is 4.47. The highest BCUT2D eigenvalue weighted by Crippen LogP contribution is 2.27. The molecule has 7 heteroatoms. The molecule has 2 aromatic carbocycles. The molecule has 0 saturated carbocycles. The van der Waals surface area contributed by atoms with Gasteiger partial charge >= 0.3 is 0 Å². The molecule has 28 heavy (non-hydrogen) atoms. The van der Waals surface area contributed by atoms with Crippen LogP contribution in [0.3, 0.4) is 0 Å². The number of ether oxygens (including phenoxy) is 1. The van der Waals surface area contributed by atoms with Crippen LogP contribution in [0.4, 0.5) is 17.3 Å². The lowest BCUT2D eigenvalue weighted by atomic mass is 10.1. The number of nitrogens with zero attached hydrogens (tertiary/aromatic N) is 4. The molecule has 1 aliphatic rings. The molecule has 1 saturated heterocycles. The maximum atomic E-state index is 9.46. The second-order valence-electron chi connectivity index (χ2n) is 6.38. The van der Waals surface area contributed by atoms with E-state index in [9.17, 15) is 5.26 Å². The smallest absolute Gasteiger partial charge is 0.227 e. The number of hydrogen-bond acceptors (Lipinski definition) is 6. The molecule has 1 N–H and O–H groups in total. The van der Waals surface area contributed by atoms with Crippen LogP contribution in [0, 0.1) is 11.3 Å². The van der Waals surface area contributed by atoms with Gasteiger partial charge < -0.3 is 15.0 Å². The van der Waals surface area contributed by atoms with Crippen molar-refractivity contribution >= 4 is 33.3 Å². The second-order valence-corrected chi connectivity index (χ2v) is 7.29. The van der Waals surface area contributed by atoms with E-state index in [-0.39, 0.29) is 0 Å². The van der Waals surface area contributed by atoms with Crippen LogP contribution in [-0.4, -0.2) is 36.3 Å². The molecule has 3 aromatic rings. The first-order chi connectivity index (χ1) is 13.7. The summed E-state index contributed by atoms with van der Waals surface area (Å²) in [5, 5.41) is 12.7. The molecule has 0 aliphatic carbocycles. The summed E-state index contributed by atoms with van der Waals surface area (Å²) in [5.74, 6) is 0.509. The SMILES string of the molecule is N#Cc1cc(-c2ccnc(Nc3ccc(Br)cc3)n2)cc(N2CCOCC2)c1. The van der Waals surface area contributed by atoms with Crippen molar-refractivity contribution in [3.05, 3.63) is 64.8 Å². The number of halogens is 1. The van der Waals surface area contributed by atoms with Crippen molar-refractivity contribution in [3.63, 3.8) is 0 Å². The molecule has 0 amide bonds. The molecule has 4 rings (SSSR count). The van der Waals surface area contributed by atoms with Gasteiger partial charge in [0.2, 0.25) is 5.95 Å². The predicted molar refractivity (Wildman–Crippen MR) is 113 cm³/mol. The van der Waals surface area contributed by atoms with Gasteiger partial charge in [-0.25, -0.2) is 9.97 Å². The lowest BCUT2D eigenvalue weighted by molar-refractivity contribution is 0.122. The van der Waals surface area contributed by atoms with Crippen LogP contribution < -0.4 is 10.2 Å². The van der Waals surface area contributed by atoms with Gasteiger partial charge in [-0.05, 0) is 48.5 Å². The van der Waals surface area contributed by atoms with E-state index in [1.54, 1.807) is 6.20 Å². The van der Waals surface area contributed by atoms with Crippen molar-refractivity contribution < 1.29 is 4.74 Å². The number of anilines is 3. The fraction of sp³-hybridized carbons (Fsp3) is 0.190. The summed E-state index contributed by atoms with van der Waals surface area (Å²) >= 11 is 3.43. The zero-order chi connectivity index (χ0) is 19.3. The monoisotopic (exact) mass is 435 g/mol. The first-order valence-electron chi connectivity index (χ1n) is 8.95. The zero-order valence-corrected chi connectivity index (χ0v) is 16.7. The molecule has 0 spiro atoms. The molecule has 1 aromatic heterocycles. The van der Waals surface area contributed by atoms with E-state index in [1.807, 2.05) is 42.5 Å². The van der Waals surface area contributed by atoms with Crippen LogP contribution in [0.25, 0.3) is 11.3 Å². The Balaban J connectivity index is 1.64. The van der Waals surface area contributed by atoms with E-state index in [0.717, 1.165) is 40.2 Å². The van der Waals surface area contributed by atoms with E-state index >= 15 is 0 Å². The van der Waals surface area contributed by atoms with Gasteiger partial charge in [0, 0.05) is 40.7 Å². The predicted octanol–water partition coefficient (Wildman–Crippen LogP) is 4.36. The molecule has 0 unspecified atom stereocenters. The van der Waals surface area contributed by atoms with Crippen LogP contribution in [0.1, 0.15) is 5.56 Å². The van der Waals surface area contributed by atoms with Crippen LogP contribution in [0.15, 0.2) is 59.2 Å². The Morgan fingerprint density at radius 3 is 2.61 bits per heavy atom. The van der Waals surface area contributed by atoms with Gasteiger partial charge in [0.1, 0.15) is 0 Å². The molecule has 140 valence electrons. The molecular weight excluding hydrogens is 418 g/mol. The number of rotatable bonds is 4. The minimum atomic E-state index is 0.509. The second kappa shape index (κ2) is 8.38. The Morgan fingerprint density at radius 2 is 1.86 bits per heavy atom. The molecule has 0 atom stereocenters. The van der Waals surface area contributed by atoms with Crippen LogP contribution >= 0.6 is 15.9 Å². The third kappa shape index (κ3) is 4.30. The summed E-state index contributed by atoms with van der Waals surface area (Å²) in [6, 6.07) is 17.8. The van der Waals surface area contributed by atoms with Gasteiger partial charge in [-0.3, -0.25) is 0 Å². The summed E-state index contributed by atoms with van der Waals surface area (Å²) in [7, 11) is 0. The maximum Gasteiger partial charge on any atom is 0.227 e. The summed E-state index contributed by atoms with van der Waals surface area (Å²) in [6.45, 7) is 3.02. The lowest BCUT2D eigenvalue weighted by Crippen LogP contribution is -2.36. The van der Waals surface area contributed by atoms with E-state index in [1.165, 1.54) is 0 Å². The van der Waals surface area contributed by atoms with E-state index in [0.29, 0.717) is 24.7 Å². The average molecular weight is 436 g/mol. The quantitative estimate of drug-likeness (QED) is 0.655. The van der Waals surface area contributed by atoms with Crippen molar-refractivity contribution in [1.82, 2.24) is 9.97 Å². The fourth-order valence-corrected chi connectivity index (χ4v) is 3.33. The van der Waals surface area contributed by atoms with Crippen LogP contribution in [-0.2, 0) is 4.74 Å². The highest BCUT2D eigenvalue weighted by molar-refractivity contribution is 9.10. The molecular formula is C21H18BrN5O. The van der Waals surface area contributed by atoms with E-state index in [4.69, 9.17) is 4.74 Å². The number of nitriles is 1. The highest BCUT2D eigenvalue weighted by atomic mass is 79.9. The number of hydrogen-bond donors (Lipinski definition) is 1. The van der Waals surface area contributed by atoms with E-state index in [2.05, 4.69) is 48.3 Å². The molecule has 0 bridgehead atoms. The number of benzene rings is 2. The lowest BCUT2D eigenvalue weighted by Gasteiger charge is -2.29. The van der Waals surface area contributed by atoms with Crippen molar-refractivity contribution in [2.75, 3.05) is 36.5 Å². The van der Waals surface area contributed by atoms with Crippen molar-refractivity contribution in [2.45, 2.75) is 0 Å². The van der Waals surface area contributed by atoms with Gasteiger partial charge in [0.05, 0.1) is 30.5 Å². The van der Waals surface area contributed by atoms with Gasteiger partial charge in [-0.15, -0.1) is 0 Å². The Hall–Kier alpha value is -2.95. The summed E-state index contributed by atoms with van der Waals surface area (Å²) in [6.07, 6.45) is 1.72. The number of morpholine rings is 1. The third-order valence-corrected chi connectivity index (χ3v) is 5.00.